The first kappa shape index (κ1) is 16.9. The SMILES string of the molecule is COc1cc(OC)c(NC(=O)N(C)CCC(=O)O)cc1Cl. The quantitative estimate of drug-likeness (QED) is 0.840. The zero-order valence-electron chi connectivity index (χ0n) is 12.0. The number of carboxylic acids is 1. The van der Waals surface area contributed by atoms with Crippen LogP contribution in [-0.4, -0.2) is 49.8 Å². The average molecular weight is 317 g/mol. The molecule has 1 aromatic carbocycles. The lowest BCUT2D eigenvalue weighted by Crippen LogP contribution is -2.33. The number of carbonyl (C=O) groups excluding carboxylic acids is 1. The summed E-state index contributed by atoms with van der Waals surface area (Å²) in [6, 6.07) is 2.59. The van der Waals surface area contributed by atoms with Crippen molar-refractivity contribution >= 4 is 29.3 Å². The number of carbonyl (C=O) groups is 2. The third kappa shape index (κ3) is 4.71. The number of aliphatic carboxylic acids is 1. The van der Waals surface area contributed by atoms with E-state index in [1.807, 2.05) is 0 Å². The third-order valence-corrected chi connectivity index (χ3v) is 3.02. The molecule has 0 radical (unpaired) electrons. The van der Waals surface area contributed by atoms with Crippen molar-refractivity contribution < 1.29 is 24.2 Å². The van der Waals surface area contributed by atoms with Crippen LogP contribution in [0.1, 0.15) is 6.42 Å². The molecule has 21 heavy (non-hydrogen) atoms. The number of halogens is 1. The molecule has 0 unspecified atom stereocenters. The molecule has 0 atom stereocenters. The molecule has 0 saturated heterocycles. The van der Waals surface area contributed by atoms with E-state index in [0.29, 0.717) is 22.2 Å². The van der Waals surface area contributed by atoms with Gasteiger partial charge in [-0.1, -0.05) is 11.6 Å². The van der Waals surface area contributed by atoms with Crippen LogP contribution < -0.4 is 14.8 Å². The number of ether oxygens (including phenoxy) is 2. The minimum Gasteiger partial charge on any atom is -0.495 e. The summed E-state index contributed by atoms with van der Waals surface area (Å²) in [7, 11) is 4.42. The number of anilines is 1. The van der Waals surface area contributed by atoms with E-state index in [4.69, 9.17) is 26.2 Å². The molecule has 0 fully saturated rings. The van der Waals surface area contributed by atoms with Gasteiger partial charge in [-0.05, 0) is 6.07 Å². The van der Waals surface area contributed by atoms with Gasteiger partial charge in [0.1, 0.15) is 11.5 Å². The molecule has 0 aliphatic rings. The smallest absolute Gasteiger partial charge is 0.321 e. The van der Waals surface area contributed by atoms with Gasteiger partial charge in [-0.3, -0.25) is 4.79 Å². The van der Waals surface area contributed by atoms with Crippen LogP contribution >= 0.6 is 11.6 Å². The predicted molar refractivity (Wildman–Crippen MR) is 78.5 cm³/mol. The number of hydrogen-bond acceptors (Lipinski definition) is 4. The van der Waals surface area contributed by atoms with Crippen LogP contribution in [0.25, 0.3) is 0 Å². The van der Waals surface area contributed by atoms with Gasteiger partial charge in [-0.2, -0.15) is 0 Å². The standard InChI is InChI=1S/C13H17ClN2O5/c1-16(5-4-12(17)18)13(19)15-9-6-8(14)10(20-2)7-11(9)21-3/h6-7H,4-5H2,1-3H3,(H,15,19)(H,17,18). The van der Waals surface area contributed by atoms with Crippen LogP contribution in [0.4, 0.5) is 10.5 Å². The number of benzene rings is 1. The topological polar surface area (TPSA) is 88.1 Å². The average Bonchev–Trinajstić information content (AvgIpc) is 2.44. The molecule has 8 heteroatoms. The molecule has 2 amide bonds. The van der Waals surface area contributed by atoms with Crippen molar-refractivity contribution in [2.24, 2.45) is 0 Å². The van der Waals surface area contributed by atoms with Gasteiger partial charge in [-0.15, -0.1) is 0 Å². The second kappa shape index (κ2) is 7.58. The summed E-state index contributed by atoms with van der Waals surface area (Å²) in [6.45, 7) is 0.0906. The number of carboxylic acid groups (broad SMARTS) is 1. The molecule has 1 rings (SSSR count). The zero-order chi connectivity index (χ0) is 16.0. The fraction of sp³-hybridized carbons (Fsp3) is 0.385. The first-order valence-electron chi connectivity index (χ1n) is 6.04. The normalized spacial score (nSPS) is 9.90. The number of rotatable bonds is 6. The minimum atomic E-state index is -0.972. The van der Waals surface area contributed by atoms with Gasteiger partial charge in [0.05, 0.1) is 31.4 Å². The summed E-state index contributed by atoms with van der Waals surface area (Å²) in [4.78, 5) is 23.7. The second-order valence-electron chi connectivity index (χ2n) is 4.18. The molecule has 0 saturated carbocycles. The van der Waals surface area contributed by atoms with Gasteiger partial charge in [-0.25, -0.2) is 4.79 Å². The Bertz CT molecular complexity index is 536. The number of nitrogens with one attached hydrogen (secondary N) is 1. The maximum atomic E-state index is 12.0. The van der Waals surface area contributed by atoms with E-state index in [1.54, 1.807) is 6.07 Å². The molecule has 2 N–H and O–H groups in total. The van der Waals surface area contributed by atoms with Crippen molar-refractivity contribution in [3.05, 3.63) is 17.2 Å². The summed E-state index contributed by atoms with van der Waals surface area (Å²) in [5, 5.41) is 11.5. The Labute approximate surface area is 127 Å². The van der Waals surface area contributed by atoms with Crippen LogP contribution in [0.5, 0.6) is 11.5 Å². The first-order valence-corrected chi connectivity index (χ1v) is 6.42. The number of urea groups is 1. The minimum absolute atomic E-state index is 0.0906. The van der Waals surface area contributed by atoms with Gasteiger partial charge in [0.25, 0.3) is 0 Å². The van der Waals surface area contributed by atoms with E-state index in [9.17, 15) is 9.59 Å². The molecular formula is C13H17ClN2O5. The Balaban J connectivity index is 2.84. The maximum Gasteiger partial charge on any atom is 0.321 e. The molecule has 0 aliphatic heterocycles. The van der Waals surface area contributed by atoms with E-state index in [2.05, 4.69) is 5.32 Å². The molecule has 7 nitrogen and oxygen atoms in total. The molecule has 0 aromatic heterocycles. The highest BCUT2D eigenvalue weighted by molar-refractivity contribution is 6.32. The Morgan fingerprint density at radius 1 is 1.29 bits per heavy atom. The van der Waals surface area contributed by atoms with Gasteiger partial charge in [0.15, 0.2) is 0 Å². The van der Waals surface area contributed by atoms with Crippen molar-refractivity contribution in [1.82, 2.24) is 4.90 Å². The predicted octanol–water partition coefficient (Wildman–Crippen LogP) is 2.30. The highest BCUT2D eigenvalue weighted by atomic mass is 35.5. The Morgan fingerprint density at radius 3 is 2.43 bits per heavy atom. The summed E-state index contributed by atoms with van der Waals surface area (Å²) >= 11 is 6.00. The van der Waals surface area contributed by atoms with Crippen LogP contribution in [0.15, 0.2) is 12.1 Å². The maximum absolute atomic E-state index is 12.0. The fourth-order valence-corrected chi connectivity index (χ4v) is 1.77. The molecule has 0 spiro atoms. The third-order valence-electron chi connectivity index (χ3n) is 2.72. The lowest BCUT2D eigenvalue weighted by molar-refractivity contribution is -0.137. The Morgan fingerprint density at radius 2 is 1.90 bits per heavy atom. The molecule has 116 valence electrons. The number of amides is 2. The lowest BCUT2D eigenvalue weighted by Gasteiger charge is -2.19. The van der Waals surface area contributed by atoms with Crippen LogP contribution in [0, 0.1) is 0 Å². The van der Waals surface area contributed by atoms with Crippen molar-refractivity contribution in [3.8, 4) is 11.5 Å². The van der Waals surface area contributed by atoms with Crippen molar-refractivity contribution in [1.29, 1.82) is 0 Å². The Kier molecular flexibility index (Phi) is 6.10. The highest BCUT2D eigenvalue weighted by Crippen LogP contribution is 2.35. The first-order chi connectivity index (χ1) is 9.88. The summed E-state index contributed by atoms with van der Waals surface area (Å²) in [5.74, 6) is -0.165. The summed E-state index contributed by atoms with van der Waals surface area (Å²) in [5.41, 5.74) is 0.371. The van der Waals surface area contributed by atoms with Crippen molar-refractivity contribution in [2.45, 2.75) is 6.42 Å². The zero-order valence-corrected chi connectivity index (χ0v) is 12.7. The van der Waals surface area contributed by atoms with Gasteiger partial charge >= 0.3 is 12.0 Å². The van der Waals surface area contributed by atoms with Crippen LogP contribution in [0.2, 0.25) is 5.02 Å². The summed E-state index contributed by atoms with van der Waals surface area (Å²) < 4.78 is 10.2. The Hall–Kier alpha value is -2.15. The molecule has 0 bridgehead atoms. The largest absolute Gasteiger partial charge is 0.495 e. The number of hydrogen-bond donors (Lipinski definition) is 2. The van der Waals surface area contributed by atoms with Crippen LogP contribution in [-0.2, 0) is 4.79 Å². The monoisotopic (exact) mass is 316 g/mol. The molecule has 0 heterocycles. The lowest BCUT2D eigenvalue weighted by atomic mass is 10.2. The van der Waals surface area contributed by atoms with Gasteiger partial charge < -0.3 is 24.8 Å². The molecule has 0 aliphatic carbocycles. The van der Waals surface area contributed by atoms with E-state index < -0.39 is 12.0 Å². The van der Waals surface area contributed by atoms with E-state index in [-0.39, 0.29) is 13.0 Å². The molecular weight excluding hydrogens is 300 g/mol. The van der Waals surface area contributed by atoms with Gasteiger partial charge in [0, 0.05) is 19.7 Å². The van der Waals surface area contributed by atoms with E-state index >= 15 is 0 Å². The summed E-state index contributed by atoms with van der Waals surface area (Å²) in [6.07, 6.45) is -0.135. The van der Waals surface area contributed by atoms with Crippen LogP contribution in [0.3, 0.4) is 0 Å². The van der Waals surface area contributed by atoms with E-state index in [1.165, 1.54) is 32.2 Å². The van der Waals surface area contributed by atoms with Gasteiger partial charge in [0.2, 0.25) is 0 Å². The fourth-order valence-electron chi connectivity index (χ4n) is 1.53. The second-order valence-corrected chi connectivity index (χ2v) is 4.59. The van der Waals surface area contributed by atoms with Crippen molar-refractivity contribution in [3.63, 3.8) is 0 Å². The number of nitrogens with zero attached hydrogens (tertiary/aromatic N) is 1. The van der Waals surface area contributed by atoms with Crippen molar-refractivity contribution in [2.75, 3.05) is 33.1 Å². The number of methoxy groups -OCH3 is 2. The molecule has 1 aromatic rings. The highest BCUT2D eigenvalue weighted by Gasteiger charge is 2.15. The van der Waals surface area contributed by atoms with E-state index in [0.717, 1.165) is 0 Å².